The molecule has 2 amide bonds. The van der Waals surface area contributed by atoms with Crippen molar-refractivity contribution >= 4 is 35.0 Å². The molecule has 1 heterocycles. The molecule has 0 aliphatic carbocycles. The minimum atomic E-state index is 0.00623. The van der Waals surface area contributed by atoms with E-state index in [4.69, 9.17) is 23.2 Å². The van der Waals surface area contributed by atoms with Crippen LogP contribution >= 0.6 is 23.2 Å². The molecule has 41 heavy (non-hydrogen) atoms. The Morgan fingerprint density at radius 3 is 2.07 bits per heavy atom. The van der Waals surface area contributed by atoms with Crippen molar-refractivity contribution in [2.45, 2.75) is 51.0 Å². The third-order valence-corrected chi connectivity index (χ3v) is 8.84. The maximum absolute atomic E-state index is 13.4. The summed E-state index contributed by atoms with van der Waals surface area (Å²) in [5, 5.41) is 1.06. The first-order valence-corrected chi connectivity index (χ1v) is 15.5. The number of hydrogen-bond acceptors (Lipinski definition) is 3. The van der Waals surface area contributed by atoms with Crippen molar-refractivity contribution in [1.82, 2.24) is 14.7 Å². The van der Waals surface area contributed by atoms with Crippen molar-refractivity contribution in [2.24, 2.45) is 0 Å². The molecule has 0 aromatic heterocycles. The molecule has 1 aliphatic heterocycles. The molecule has 1 unspecified atom stereocenters. The minimum absolute atomic E-state index is 0.00623. The molecule has 0 bridgehead atoms. The Morgan fingerprint density at radius 2 is 1.49 bits per heavy atom. The summed E-state index contributed by atoms with van der Waals surface area (Å²) in [5.41, 5.74) is 2.54. The number of amides is 2. The van der Waals surface area contributed by atoms with Crippen LogP contribution < -0.4 is 0 Å². The second-order valence-corrected chi connectivity index (χ2v) is 11.8. The third-order valence-electron chi connectivity index (χ3n) is 8.10. The van der Waals surface area contributed by atoms with Crippen LogP contribution in [0.2, 0.25) is 10.0 Å². The number of likely N-dealkylation sites (tertiary alicyclic amines) is 1. The molecule has 0 spiro atoms. The summed E-state index contributed by atoms with van der Waals surface area (Å²) in [6.07, 6.45) is 4.89. The highest BCUT2D eigenvalue weighted by Crippen LogP contribution is 2.30. The molecule has 0 saturated carbocycles. The molecular formula is C34H41Cl2N3O2. The SMILES string of the molecule is CCCCN(C(=O)c1ccccc1)C1CCN(CCC(CN(C)C(=O)c2ccccc2)c2ccc(Cl)c(Cl)c2)CC1. The van der Waals surface area contributed by atoms with Crippen LogP contribution in [0.1, 0.15) is 71.2 Å². The maximum Gasteiger partial charge on any atom is 0.254 e. The number of halogens is 2. The Labute approximate surface area is 255 Å². The molecule has 3 aromatic rings. The van der Waals surface area contributed by atoms with Gasteiger partial charge in [0.05, 0.1) is 10.0 Å². The van der Waals surface area contributed by atoms with E-state index in [1.165, 1.54) is 0 Å². The van der Waals surface area contributed by atoms with E-state index in [9.17, 15) is 9.59 Å². The average Bonchev–Trinajstić information content (AvgIpc) is 3.01. The summed E-state index contributed by atoms with van der Waals surface area (Å²) in [6.45, 7) is 6.36. The van der Waals surface area contributed by atoms with Gasteiger partial charge in [0, 0.05) is 56.3 Å². The monoisotopic (exact) mass is 593 g/mol. The molecule has 1 fully saturated rings. The number of rotatable bonds is 12. The van der Waals surface area contributed by atoms with Gasteiger partial charge in [0.15, 0.2) is 0 Å². The standard InChI is InChI=1S/C34H41Cl2N3O2/c1-3-4-20-39(34(41)27-13-9-6-10-14-27)30-18-22-38(23-19-30)21-17-29(28-15-16-31(35)32(36)24-28)25-37(2)33(40)26-11-7-5-8-12-26/h5-16,24,29-30H,3-4,17-23,25H2,1-2H3. The van der Waals surface area contributed by atoms with Gasteiger partial charge in [0.1, 0.15) is 0 Å². The number of carbonyl (C=O) groups is 2. The first-order valence-electron chi connectivity index (χ1n) is 14.7. The third kappa shape index (κ3) is 8.57. The van der Waals surface area contributed by atoms with E-state index < -0.39 is 0 Å². The fourth-order valence-corrected chi connectivity index (χ4v) is 5.97. The number of nitrogens with zero attached hydrogens (tertiary/aromatic N) is 3. The Morgan fingerprint density at radius 1 is 0.878 bits per heavy atom. The Hall–Kier alpha value is -2.86. The number of hydrogen-bond donors (Lipinski definition) is 0. The van der Waals surface area contributed by atoms with Gasteiger partial charge in [-0.05, 0) is 74.2 Å². The van der Waals surface area contributed by atoms with Gasteiger partial charge in [-0.15, -0.1) is 0 Å². The fourth-order valence-electron chi connectivity index (χ4n) is 5.66. The van der Waals surface area contributed by atoms with Crippen LogP contribution in [-0.2, 0) is 0 Å². The van der Waals surface area contributed by atoms with Crippen LogP contribution in [0.25, 0.3) is 0 Å². The van der Waals surface area contributed by atoms with E-state index in [1.54, 1.807) is 4.90 Å². The highest BCUT2D eigenvalue weighted by molar-refractivity contribution is 6.42. The molecule has 1 saturated heterocycles. The zero-order valence-electron chi connectivity index (χ0n) is 24.1. The van der Waals surface area contributed by atoms with Gasteiger partial charge < -0.3 is 14.7 Å². The predicted octanol–water partition coefficient (Wildman–Crippen LogP) is 7.65. The quantitative estimate of drug-likeness (QED) is 0.216. The first kappa shape index (κ1) is 31.1. The van der Waals surface area contributed by atoms with Crippen molar-refractivity contribution in [3.8, 4) is 0 Å². The van der Waals surface area contributed by atoms with Gasteiger partial charge in [-0.25, -0.2) is 0 Å². The molecule has 7 heteroatoms. The molecule has 4 rings (SSSR count). The molecule has 3 aromatic carbocycles. The summed E-state index contributed by atoms with van der Waals surface area (Å²) in [4.78, 5) is 32.9. The largest absolute Gasteiger partial charge is 0.341 e. The second kappa shape index (κ2) is 15.4. The molecule has 1 atom stereocenters. The number of unbranched alkanes of at least 4 members (excludes halogenated alkanes) is 1. The van der Waals surface area contributed by atoms with Gasteiger partial charge in [-0.3, -0.25) is 9.59 Å². The van der Waals surface area contributed by atoms with E-state index in [-0.39, 0.29) is 23.8 Å². The van der Waals surface area contributed by atoms with Crippen LogP contribution in [0.5, 0.6) is 0 Å². The molecule has 5 nitrogen and oxygen atoms in total. The van der Waals surface area contributed by atoms with E-state index >= 15 is 0 Å². The summed E-state index contributed by atoms with van der Waals surface area (Å²) in [6, 6.07) is 25.1. The van der Waals surface area contributed by atoms with Crippen molar-refractivity contribution in [3.05, 3.63) is 106 Å². The van der Waals surface area contributed by atoms with Crippen LogP contribution in [0.3, 0.4) is 0 Å². The number of piperidine rings is 1. The fraction of sp³-hybridized carbons (Fsp3) is 0.412. The summed E-state index contributed by atoms with van der Waals surface area (Å²) < 4.78 is 0. The maximum atomic E-state index is 13.4. The van der Waals surface area contributed by atoms with Crippen molar-refractivity contribution in [3.63, 3.8) is 0 Å². The Balaban J connectivity index is 1.39. The minimum Gasteiger partial charge on any atom is -0.341 e. The first-order chi connectivity index (χ1) is 19.9. The van der Waals surface area contributed by atoms with Crippen molar-refractivity contribution in [1.29, 1.82) is 0 Å². The van der Waals surface area contributed by atoms with Crippen LogP contribution in [-0.4, -0.2) is 72.3 Å². The smallest absolute Gasteiger partial charge is 0.254 e. The number of likely N-dealkylation sites (N-methyl/N-ethyl adjacent to an activating group) is 1. The topological polar surface area (TPSA) is 43.9 Å². The molecule has 0 N–H and O–H groups in total. The molecule has 1 aliphatic rings. The van der Waals surface area contributed by atoms with Crippen LogP contribution in [0, 0.1) is 0 Å². The highest BCUT2D eigenvalue weighted by Gasteiger charge is 2.29. The summed E-state index contributed by atoms with van der Waals surface area (Å²) in [5.74, 6) is 0.260. The lowest BCUT2D eigenvalue weighted by molar-refractivity contribution is 0.0563. The molecular weight excluding hydrogens is 553 g/mol. The van der Waals surface area contributed by atoms with E-state index in [1.807, 2.05) is 85.9 Å². The van der Waals surface area contributed by atoms with Crippen molar-refractivity contribution < 1.29 is 9.59 Å². The van der Waals surface area contributed by atoms with E-state index in [2.05, 4.69) is 16.7 Å². The van der Waals surface area contributed by atoms with Gasteiger partial charge in [-0.2, -0.15) is 0 Å². The lowest BCUT2D eigenvalue weighted by atomic mass is 9.93. The van der Waals surface area contributed by atoms with Crippen molar-refractivity contribution in [2.75, 3.05) is 39.8 Å². The Kier molecular flexibility index (Phi) is 11.7. The molecule has 0 radical (unpaired) electrons. The second-order valence-electron chi connectivity index (χ2n) is 11.0. The normalized spacial score (nSPS) is 14.9. The summed E-state index contributed by atoms with van der Waals surface area (Å²) >= 11 is 12.6. The average molecular weight is 595 g/mol. The highest BCUT2D eigenvalue weighted by atomic mass is 35.5. The van der Waals surface area contributed by atoms with Gasteiger partial charge in [0.25, 0.3) is 11.8 Å². The van der Waals surface area contributed by atoms with E-state index in [0.717, 1.165) is 69.4 Å². The predicted molar refractivity (Wildman–Crippen MR) is 169 cm³/mol. The number of benzene rings is 3. The Bertz CT molecular complexity index is 1260. The molecule has 218 valence electrons. The van der Waals surface area contributed by atoms with E-state index in [0.29, 0.717) is 22.2 Å². The lowest BCUT2D eigenvalue weighted by Gasteiger charge is -2.39. The number of carbonyl (C=O) groups excluding carboxylic acids is 2. The van der Waals surface area contributed by atoms with Crippen LogP contribution in [0.4, 0.5) is 0 Å². The van der Waals surface area contributed by atoms with Gasteiger partial charge in [0.2, 0.25) is 0 Å². The van der Waals surface area contributed by atoms with Crippen LogP contribution in [0.15, 0.2) is 78.9 Å². The summed E-state index contributed by atoms with van der Waals surface area (Å²) in [7, 11) is 1.86. The zero-order valence-corrected chi connectivity index (χ0v) is 25.7. The van der Waals surface area contributed by atoms with Gasteiger partial charge in [-0.1, -0.05) is 79.0 Å². The zero-order chi connectivity index (χ0) is 29.2. The van der Waals surface area contributed by atoms with Gasteiger partial charge >= 0.3 is 0 Å². The lowest BCUT2D eigenvalue weighted by Crippen LogP contribution is -2.48.